The number of esters is 1. The fourth-order valence-corrected chi connectivity index (χ4v) is 4.86. The van der Waals surface area contributed by atoms with E-state index in [0.29, 0.717) is 34.5 Å². The molecule has 1 N–H and O–H groups in total. The molecule has 1 atom stereocenters. The Kier molecular flexibility index (Phi) is 8.85. The molecule has 0 radical (unpaired) electrons. The maximum atomic E-state index is 13.3. The first-order chi connectivity index (χ1) is 16.7. The molecule has 0 aromatic heterocycles. The molecule has 190 valence electrons. The number of nitrogens with one attached hydrogen (secondary N) is 1. The SMILES string of the molecule is COc1ccc([C@@H]2C(C(=O)OC(C)C)=C(C)N=C3SC=C(CC(=O)NCCN(C)C)N32)c(OC)c1. The molecule has 0 spiro atoms. The average molecular weight is 503 g/mol. The van der Waals surface area contributed by atoms with E-state index in [9.17, 15) is 9.59 Å². The smallest absolute Gasteiger partial charge is 0.338 e. The Morgan fingerprint density at radius 3 is 2.60 bits per heavy atom. The van der Waals surface area contributed by atoms with E-state index >= 15 is 0 Å². The highest BCUT2D eigenvalue weighted by Gasteiger charge is 2.42. The van der Waals surface area contributed by atoms with Gasteiger partial charge in [-0.25, -0.2) is 9.79 Å². The molecule has 9 nitrogen and oxygen atoms in total. The van der Waals surface area contributed by atoms with Gasteiger partial charge in [0.05, 0.1) is 44.1 Å². The van der Waals surface area contributed by atoms with Crippen molar-refractivity contribution in [3.8, 4) is 11.5 Å². The molecule has 0 saturated carbocycles. The third-order valence-corrected chi connectivity index (χ3v) is 6.41. The number of thioether (sulfide) groups is 1. The maximum Gasteiger partial charge on any atom is 0.338 e. The molecular weight excluding hydrogens is 468 g/mol. The Morgan fingerprint density at radius 1 is 1.23 bits per heavy atom. The number of fused-ring (bicyclic) bond motifs is 1. The number of rotatable bonds is 10. The van der Waals surface area contributed by atoms with Crippen LogP contribution in [0.4, 0.5) is 0 Å². The van der Waals surface area contributed by atoms with Crippen molar-refractivity contribution in [1.29, 1.82) is 0 Å². The molecule has 1 aromatic rings. The fourth-order valence-electron chi connectivity index (χ4n) is 3.89. The molecule has 0 unspecified atom stereocenters. The van der Waals surface area contributed by atoms with Gasteiger partial charge in [0.25, 0.3) is 0 Å². The Balaban J connectivity index is 2.02. The lowest BCUT2D eigenvalue weighted by Gasteiger charge is -2.37. The van der Waals surface area contributed by atoms with Crippen molar-refractivity contribution in [2.75, 3.05) is 41.4 Å². The molecular formula is C25H34N4O5S. The molecule has 0 fully saturated rings. The first-order valence-electron chi connectivity index (χ1n) is 11.4. The van der Waals surface area contributed by atoms with Crippen molar-refractivity contribution >= 4 is 28.8 Å². The summed E-state index contributed by atoms with van der Waals surface area (Å²) >= 11 is 1.43. The van der Waals surface area contributed by atoms with Crippen molar-refractivity contribution in [2.45, 2.75) is 39.3 Å². The minimum Gasteiger partial charge on any atom is -0.497 e. The van der Waals surface area contributed by atoms with Gasteiger partial charge >= 0.3 is 5.97 Å². The van der Waals surface area contributed by atoms with Crippen molar-refractivity contribution < 1.29 is 23.8 Å². The van der Waals surface area contributed by atoms with Gasteiger partial charge in [-0.15, -0.1) is 0 Å². The van der Waals surface area contributed by atoms with Crippen LogP contribution in [0.15, 0.2) is 45.6 Å². The van der Waals surface area contributed by atoms with Gasteiger partial charge in [-0.1, -0.05) is 11.8 Å². The number of ether oxygens (including phenoxy) is 3. The summed E-state index contributed by atoms with van der Waals surface area (Å²) in [4.78, 5) is 34.7. The largest absolute Gasteiger partial charge is 0.497 e. The summed E-state index contributed by atoms with van der Waals surface area (Å²) in [6.07, 6.45) is -0.142. The van der Waals surface area contributed by atoms with E-state index in [0.717, 1.165) is 17.8 Å². The topological polar surface area (TPSA) is 92.7 Å². The third kappa shape index (κ3) is 6.18. The zero-order chi connectivity index (χ0) is 25.7. The highest BCUT2D eigenvalue weighted by Crippen LogP contribution is 2.47. The third-order valence-electron chi connectivity index (χ3n) is 5.52. The monoisotopic (exact) mass is 502 g/mol. The minimum absolute atomic E-state index is 0.0991. The van der Waals surface area contributed by atoms with Crippen LogP contribution in [-0.4, -0.2) is 74.4 Å². The second-order valence-electron chi connectivity index (χ2n) is 8.78. The zero-order valence-electron chi connectivity index (χ0n) is 21.4. The molecule has 3 rings (SSSR count). The number of methoxy groups -OCH3 is 2. The summed E-state index contributed by atoms with van der Waals surface area (Å²) in [7, 11) is 7.07. The molecule has 1 aromatic carbocycles. The van der Waals surface area contributed by atoms with E-state index in [1.165, 1.54) is 11.8 Å². The molecule has 0 bridgehead atoms. The quantitative estimate of drug-likeness (QED) is 0.487. The van der Waals surface area contributed by atoms with Crippen molar-refractivity contribution in [1.82, 2.24) is 15.1 Å². The number of hydrogen-bond acceptors (Lipinski definition) is 9. The summed E-state index contributed by atoms with van der Waals surface area (Å²) in [5.41, 5.74) is 2.48. The summed E-state index contributed by atoms with van der Waals surface area (Å²) in [6.45, 7) is 6.71. The van der Waals surface area contributed by atoms with Gasteiger partial charge in [-0.3, -0.25) is 4.79 Å². The van der Waals surface area contributed by atoms with Gasteiger partial charge < -0.3 is 29.3 Å². The molecule has 0 aliphatic carbocycles. The molecule has 10 heteroatoms. The Bertz CT molecular complexity index is 1060. The van der Waals surface area contributed by atoms with Gasteiger partial charge in [0, 0.05) is 30.4 Å². The van der Waals surface area contributed by atoms with Gasteiger partial charge in [0.2, 0.25) is 5.91 Å². The molecule has 2 aliphatic rings. The van der Waals surface area contributed by atoms with Gasteiger partial charge in [-0.2, -0.15) is 0 Å². The zero-order valence-corrected chi connectivity index (χ0v) is 22.2. The second-order valence-corrected chi connectivity index (χ2v) is 9.62. The lowest BCUT2D eigenvalue weighted by Crippen LogP contribution is -2.39. The summed E-state index contributed by atoms with van der Waals surface area (Å²) in [5.74, 6) is 0.645. The van der Waals surface area contributed by atoms with Crippen LogP contribution < -0.4 is 14.8 Å². The predicted octanol–water partition coefficient (Wildman–Crippen LogP) is 3.30. The van der Waals surface area contributed by atoms with Crippen LogP contribution in [0.25, 0.3) is 0 Å². The van der Waals surface area contributed by atoms with Crippen molar-refractivity contribution in [2.24, 2.45) is 4.99 Å². The molecule has 0 saturated heterocycles. The molecule has 2 aliphatic heterocycles. The van der Waals surface area contributed by atoms with Crippen LogP contribution in [0.1, 0.15) is 38.8 Å². The van der Waals surface area contributed by atoms with E-state index in [4.69, 9.17) is 19.2 Å². The van der Waals surface area contributed by atoms with Crippen molar-refractivity contribution in [3.63, 3.8) is 0 Å². The number of likely N-dealkylation sites (N-methyl/N-ethyl adjacent to an activating group) is 1. The van der Waals surface area contributed by atoms with Crippen LogP contribution in [0.2, 0.25) is 0 Å². The van der Waals surface area contributed by atoms with Crippen LogP contribution in [0.5, 0.6) is 11.5 Å². The van der Waals surface area contributed by atoms with Gasteiger partial charge in [0.1, 0.15) is 11.5 Å². The maximum absolute atomic E-state index is 13.3. The summed E-state index contributed by atoms with van der Waals surface area (Å²) in [6, 6.07) is 4.90. The van der Waals surface area contributed by atoms with Gasteiger partial charge in [-0.05, 0) is 52.4 Å². The van der Waals surface area contributed by atoms with E-state index in [1.54, 1.807) is 27.2 Å². The number of carbonyl (C=O) groups is 2. The van der Waals surface area contributed by atoms with E-state index in [2.05, 4.69) is 5.32 Å². The number of amidine groups is 1. The number of amides is 1. The number of carbonyl (C=O) groups excluding carboxylic acids is 2. The molecule has 1 amide bonds. The van der Waals surface area contributed by atoms with Crippen LogP contribution in [0, 0.1) is 0 Å². The predicted molar refractivity (Wildman–Crippen MR) is 137 cm³/mol. The van der Waals surface area contributed by atoms with Crippen LogP contribution in [0.3, 0.4) is 0 Å². The van der Waals surface area contributed by atoms with Gasteiger partial charge in [0.15, 0.2) is 5.17 Å². The Labute approximate surface area is 211 Å². The van der Waals surface area contributed by atoms with Crippen molar-refractivity contribution in [3.05, 3.63) is 46.1 Å². The second kappa shape index (κ2) is 11.6. The number of nitrogens with zero attached hydrogens (tertiary/aromatic N) is 3. The average Bonchev–Trinajstić information content (AvgIpc) is 3.18. The normalized spacial score (nSPS) is 17.3. The number of benzene rings is 1. The summed E-state index contributed by atoms with van der Waals surface area (Å²) in [5, 5.41) is 5.57. The lowest BCUT2D eigenvalue weighted by atomic mass is 9.93. The van der Waals surface area contributed by atoms with Crippen LogP contribution in [-0.2, 0) is 14.3 Å². The standard InChI is InChI=1S/C25H34N4O5S/c1-15(2)34-24(31)22-16(3)27-25-29(17(14-35-25)12-21(30)26-10-11-28(4)5)23(22)19-9-8-18(32-6)13-20(19)33-7/h8-9,13-15,23H,10-12H2,1-7H3,(H,26,30)/t23-/m1/s1. The Hall–Kier alpha value is -2.98. The van der Waals surface area contributed by atoms with E-state index < -0.39 is 12.0 Å². The molecule has 2 heterocycles. The van der Waals surface area contributed by atoms with E-state index in [-0.39, 0.29) is 18.4 Å². The fraction of sp³-hybridized carbons (Fsp3) is 0.480. The number of aliphatic imine (C=N–C) groups is 1. The van der Waals surface area contributed by atoms with E-state index in [1.807, 2.05) is 55.3 Å². The van der Waals surface area contributed by atoms with Crippen LogP contribution >= 0.6 is 11.8 Å². The number of allylic oxidation sites excluding steroid dienone is 1. The lowest BCUT2D eigenvalue weighted by molar-refractivity contribution is -0.143. The summed E-state index contributed by atoms with van der Waals surface area (Å²) < 4.78 is 16.7. The number of hydrogen-bond donors (Lipinski definition) is 1. The highest BCUT2D eigenvalue weighted by atomic mass is 32.2. The molecule has 35 heavy (non-hydrogen) atoms. The first-order valence-corrected chi connectivity index (χ1v) is 12.3. The Morgan fingerprint density at radius 2 is 1.97 bits per heavy atom. The minimum atomic E-state index is -0.578. The first kappa shape index (κ1) is 26.6. The highest BCUT2D eigenvalue weighted by molar-refractivity contribution is 8.16.